The molecule has 0 aromatic carbocycles. The Balaban J connectivity index is 3.67. The minimum atomic E-state index is -3.39. The molecule has 0 aliphatic heterocycles. The highest BCUT2D eigenvalue weighted by Gasteiger charge is 2.06. The molecule has 0 saturated carbocycles. The third-order valence-corrected chi connectivity index (χ3v) is 2.74. The van der Waals surface area contributed by atoms with Crippen LogP contribution in [0.3, 0.4) is 0 Å². The summed E-state index contributed by atoms with van der Waals surface area (Å²) in [6.45, 7) is 2.55. The van der Waals surface area contributed by atoms with Gasteiger partial charge in [0.2, 0.25) is 0 Å². The molecule has 0 aromatic rings. The highest BCUT2D eigenvalue weighted by molar-refractivity contribution is 7.87. The van der Waals surface area contributed by atoms with Gasteiger partial charge >= 0.3 is 0 Å². The lowest BCUT2D eigenvalue weighted by molar-refractivity contribution is 0.316. The van der Waals surface area contributed by atoms with Gasteiger partial charge in [-0.25, -0.2) is 9.44 Å². The van der Waals surface area contributed by atoms with E-state index < -0.39 is 10.2 Å². The van der Waals surface area contributed by atoms with Gasteiger partial charge in [0.25, 0.3) is 10.2 Å². The predicted molar refractivity (Wildman–Crippen MR) is 57.9 cm³/mol. The third kappa shape index (κ3) is 8.16. The van der Waals surface area contributed by atoms with Crippen LogP contribution in [0.1, 0.15) is 26.2 Å². The number of nitrogens with one attached hydrogen (secondary N) is 2. The van der Waals surface area contributed by atoms with Gasteiger partial charge in [0.15, 0.2) is 0 Å². The van der Waals surface area contributed by atoms with Gasteiger partial charge in [-0.3, -0.25) is 0 Å². The Morgan fingerprint density at radius 1 is 1.40 bits per heavy atom. The monoisotopic (exact) mass is 238 g/mol. The zero-order valence-electron chi connectivity index (χ0n) is 8.73. The molecule has 15 heavy (non-hydrogen) atoms. The zero-order chi connectivity index (χ0) is 11.7. The molecule has 0 spiro atoms. The molecule has 0 radical (unpaired) electrons. The maximum absolute atomic E-state index is 11.2. The van der Waals surface area contributed by atoms with E-state index in [4.69, 9.17) is 10.9 Å². The molecular formula is C7H18N4O3S. The van der Waals surface area contributed by atoms with Crippen molar-refractivity contribution in [3.63, 3.8) is 0 Å². The second-order valence-corrected chi connectivity index (χ2v) is 4.57. The smallest absolute Gasteiger partial charge is 0.276 e. The van der Waals surface area contributed by atoms with Crippen LogP contribution in [0.25, 0.3) is 0 Å². The third-order valence-electron chi connectivity index (χ3n) is 1.57. The van der Waals surface area contributed by atoms with Gasteiger partial charge < -0.3 is 10.9 Å². The van der Waals surface area contributed by atoms with Crippen LogP contribution in [-0.2, 0) is 10.2 Å². The Morgan fingerprint density at radius 3 is 2.53 bits per heavy atom. The average molecular weight is 238 g/mol. The Kier molecular flexibility index (Phi) is 7.01. The zero-order valence-corrected chi connectivity index (χ0v) is 9.55. The Bertz CT molecular complexity index is 289. The second kappa shape index (κ2) is 7.43. The van der Waals surface area contributed by atoms with Crippen molar-refractivity contribution >= 4 is 16.0 Å². The molecule has 0 aliphatic rings. The summed E-state index contributed by atoms with van der Waals surface area (Å²) in [4.78, 5) is 0. The van der Waals surface area contributed by atoms with Gasteiger partial charge in [-0.1, -0.05) is 12.1 Å². The van der Waals surface area contributed by atoms with Crippen LogP contribution in [0.5, 0.6) is 0 Å². The molecule has 0 bridgehead atoms. The summed E-state index contributed by atoms with van der Waals surface area (Å²) in [7, 11) is -3.39. The van der Waals surface area contributed by atoms with Gasteiger partial charge in [0, 0.05) is 19.5 Å². The fourth-order valence-corrected chi connectivity index (χ4v) is 1.80. The molecule has 5 N–H and O–H groups in total. The van der Waals surface area contributed by atoms with Crippen molar-refractivity contribution in [1.29, 1.82) is 0 Å². The van der Waals surface area contributed by atoms with Gasteiger partial charge in [0.05, 0.1) is 0 Å². The van der Waals surface area contributed by atoms with E-state index in [1.54, 1.807) is 0 Å². The molecule has 8 heteroatoms. The van der Waals surface area contributed by atoms with Crippen molar-refractivity contribution in [1.82, 2.24) is 9.44 Å². The summed E-state index contributed by atoms with van der Waals surface area (Å²) < 4.78 is 27.0. The Labute approximate surface area is 89.9 Å². The molecule has 0 heterocycles. The van der Waals surface area contributed by atoms with E-state index in [-0.39, 0.29) is 12.4 Å². The molecule has 7 nitrogen and oxygen atoms in total. The largest absolute Gasteiger partial charge is 0.409 e. The number of hydrogen-bond donors (Lipinski definition) is 4. The molecule has 0 aliphatic carbocycles. The van der Waals surface area contributed by atoms with Crippen LogP contribution < -0.4 is 15.2 Å². The summed E-state index contributed by atoms with van der Waals surface area (Å²) in [6, 6.07) is 0. The van der Waals surface area contributed by atoms with Crippen molar-refractivity contribution in [3.8, 4) is 0 Å². The Hall–Kier alpha value is -0.860. The van der Waals surface area contributed by atoms with Crippen LogP contribution >= 0.6 is 0 Å². The first-order valence-electron chi connectivity index (χ1n) is 4.72. The van der Waals surface area contributed by atoms with Crippen LogP contribution in [0.15, 0.2) is 5.16 Å². The van der Waals surface area contributed by atoms with Gasteiger partial charge in [-0.05, 0) is 12.8 Å². The maximum atomic E-state index is 11.2. The van der Waals surface area contributed by atoms with Crippen molar-refractivity contribution in [2.75, 3.05) is 13.1 Å². The fraction of sp³-hybridized carbons (Fsp3) is 0.857. The second-order valence-electron chi connectivity index (χ2n) is 2.99. The number of rotatable bonds is 8. The van der Waals surface area contributed by atoms with Crippen molar-refractivity contribution < 1.29 is 13.6 Å². The molecule has 0 saturated heterocycles. The molecule has 0 rings (SSSR count). The Morgan fingerprint density at radius 2 is 2.00 bits per heavy atom. The SMILES string of the molecule is CCCNS(=O)(=O)NCCCC(N)=NO. The topological polar surface area (TPSA) is 117 Å². The highest BCUT2D eigenvalue weighted by atomic mass is 32.2. The lowest BCUT2D eigenvalue weighted by Crippen LogP contribution is -2.37. The van der Waals surface area contributed by atoms with E-state index in [1.165, 1.54) is 0 Å². The van der Waals surface area contributed by atoms with Crippen molar-refractivity contribution in [2.24, 2.45) is 10.9 Å². The number of nitrogens with two attached hydrogens (primary N) is 1. The fourth-order valence-electron chi connectivity index (χ4n) is 0.813. The molecule has 90 valence electrons. The average Bonchev–Trinajstić information content (AvgIpc) is 2.21. The molecule has 0 unspecified atom stereocenters. The summed E-state index contributed by atoms with van der Waals surface area (Å²) in [5.74, 6) is 0.0933. The minimum absolute atomic E-state index is 0.0933. The van der Waals surface area contributed by atoms with Gasteiger partial charge in [-0.2, -0.15) is 8.42 Å². The lowest BCUT2D eigenvalue weighted by Gasteiger charge is -2.06. The normalized spacial score (nSPS) is 13.0. The predicted octanol–water partition coefficient (Wildman–Crippen LogP) is -0.653. The summed E-state index contributed by atoms with van der Waals surface area (Å²) >= 11 is 0. The van der Waals surface area contributed by atoms with Crippen LogP contribution in [0.4, 0.5) is 0 Å². The molecule has 0 fully saturated rings. The maximum Gasteiger partial charge on any atom is 0.276 e. The van der Waals surface area contributed by atoms with E-state index >= 15 is 0 Å². The first-order valence-corrected chi connectivity index (χ1v) is 6.20. The van der Waals surface area contributed by atoms with E-state index in [1.807, 2.05) is 6.92 Å². The van der Waals surface area contributed by atoms with E-state index in [9.17, 15) is 8.42 Å². The molecular weight excluding hydrogens is 220 g/mol. The quantitative estimate of drug-likeness (QED) is 0.148. The minimum Gasteiger partial charge on any atom is -0.409 e. The number of nitrogens with zero attached hydrogens (tertiary/aromatic N) is 1. The first-order chi connectivity index (χ1) is 7.02. The highest BCUT2D eigenvalue weighted by Crippen LogP contribution is 1.88. The summed E-state index contributed by atoms with van der Waals surface area (Å²) in [5.41, 5.74) is 5.21. The van der Waals surface area contributed by atoms with Crippen LogP contribution in [-0.4, -0.2) is 32.6 Å². The van der Waals surface area contributed by atoms with Gasteiger partial charge in [0.1, 0.15) is 5.84 Å². The standard InChI is InChI=1S/C7H18N4O3S/c1-2-5-9-15(13,14)10-6-3-4-7(8)11-12/h9-10,12H,2-6H2,1H3,(H2,8,11). The molecule has 0 amide bonds. The van der Waals surface area contributed by atoms with E-state index in [2.05, 4.69) is 14.6 Å². The van der Waals surface area contributed by atoms with Gasteiger partial charge in [-0.15, -0.1) is 0 Å². The lowest BCUT2D eigenvalue weighted by atomic mass is 10.3. The van der Waals surface area contributed by atoms with Crippen LogP contribution in [0, 0.1) is 0 Å². The van der Waals surface area contributed by atoms with E-state index in [0.29, 0.717) is 19.4 Å². The van der Waals surface area contributed by atoms with Crippen molar-refractivity contribution in [3.05, 3.63) is 0 Å². The molecule has 0 atom stereocenters. The number of amidine groups is 1. The summed E-state index contributed by atoms with van der Waals surface area (Å²) in [6.07, 6.45) is 1.58. The van der Waals surface area contributed by atoms with Crippen LogP contribution in [0.2, 0.25) is 0 Å². The van der Waals surface area contributed by atoms with E-state index in [0.717, 1.165) is 6.42 Å². The first kappa shape index (κ1) is 14.1. The molecule has 0 aromatic heterocycles. The van der Waals surface area contributed by atoms with Crippen molar-refractivity contribution in [2.45, 2.75) is 26.2 Å². The summed E-state index contributed by atoms with van der Waals surface area (Å²) in [5, 5.41) is 11.0. The number of oxime groups is 1. The number of hydrogen-bond acceptors (Lipinski definition) is 4.